The number of hydrogen-bond donors (Lipinski definition) is 2. The molecule has 0 fully saturated rings. The van der Waals surface area contributed by atoms with Crippen molar-refractivity contribution in [1.29, 1.82) is 0 Å². The summed E-state index contributed by atoms with van der Waals surface area (Å²) in [5.74, 6) is -1.88. The number of hydrogen-bond acceptors (Lipinski definition) is 4. The van der Waals surface area contributed by atoms with Crippen molar-refractivity contribution in [3.8, 4) is 0 Å². The third kappa shape index (κ3) is 4.78. The Balaban J connectivity index is 2.20. The van der Waals surface area contributed by atoms with E-state index in [1.54, 1.807) is 13.0 Å². The molecule has 5 nitrogen and oxygen atoms in total. The smallest absolute Gasteiger partial charge is 0.232 e. The molecule has 0 spiro atoms. The highest BCUT2D eigenvalue weighted by molar-refractivity contribution is 7.92. The van der Waals surface area contributed by atoms with E-state index in [9.17, 15) is 17.2 Å². The van der Waals surface area contributed by atoms with Crippen molar-refractivity contribution in [1.82, 2.24) is 4.98 Å². The van der Waals surface area contributed by atoms with Crippen LogP contribution in [0.25, 0.3) is 0 Å². The lowest BCUT2D eigenvalue weighted by Crippen LogP contribution is -2.18. The van der Waals surface area contributed by atoms with E-state index >= 15 is 0 Å². The molecule has 0 radical (unpaired) electrons. The highest BCUT2D eigenvalue weighted by atomic mass is 35.5. The topological polar surface area (TPSA) is 71.1 Å². The van der Waals surface area contributed by atoms with E-state index in [1.165, 1.54) is 12.3 Å². The van der Waals surface area contributed by atoms with Gasteiger partial charge in [0.05, 0.1) is 23.3 Å². The Kier molecular flexibility index (Phi) is 5.95. The maximum Gasteiger partial charge on any atom is 0.232 e. The first-order chi connectivity index (χ1) is 11.3. The Morgan fingerprint density at radius 2 is 1.96 bits per heavy atom. The first-order valence-corrected chi connectivity index (χ1v) is 9.18. The molecule has 2 aromatic rings. The van der Waals surface area contributed by atoms with Gasteiger partial charge in [0.15, 0.2) is 5.82 Å². The Morgan fingerprint density at radius 1 is 1.21 bits per heavy atom. The molecular formula is C15H16ClF2N3O2S. The van der Waals surface area contributed by atoms with Gasteiger partial charge in [0.25, 0.3) is 0 Å². The summed E-state index contributed by atoms with van der Waals surface area (Å²) in [7, 11) is -3.67. The number of halogens is 3. The fraction of sp³-hybridized carbons (Fsp3) is 0.267. The van der Waals surface area contributed by atoms with Gasteiger partial charge in [-0.15, -0.1) is 0 Å². The average Bonchev–Trinajstić information content (AvgIpc) is 2.51. The van der Waals surface area contributed by atoms with Crippen LogP contribution in [0.1, 0.15) is 18.9 Å². The van der Waals surface area contributed by atoms with Crippen molar-refractivity contribution in [3.63, 3.8) is 0 Å². The maximum absolute atomic E-state index is 14.4. The first-order valence-electron chi connectivity index (χ1n) is 7.15. The first kappa shape index (κ1) is 18.4. The third-order valence-corrected chi connectivity index (χ3v) is 4.82. The minimum Gasteiger partial charge on any atom is -0.379 e. The van der Waals surface area contributed by atoms with Crippen LogP contribution < -0.4 is 10.0 Å². The lowest BCUT2D eigenvalue weighted by atomic mass is 10.1. The summed E-state index contributed by atoms with van der Waals surface area (Å²) in [6, 6.07) is 5.22. The van der Waals surface area contributed by atoms with Crippen molar-refractivity contribution in [2.24, 2.45) is 0 Å². The highest BCUT2D eigenvalue weighted by Gasteiger charge is 2.17. The summed E-state index contributed by atoms with van der Waals surface area (Å²) < 4.78 is 53.9. The molecule has 0 saturated carbocycles. The molecule has 1 heterocycles. The van der Waals surface area contributed by atoms with Crippen molar-refractivity contribution < 1.29 is 17.2 Å². The Labute approximate surface area is 144 Å². The van der Waals surface area contributed by atoms with E-state index in [-0.39, 0.29) is 23.5 Å². The van der Waals surface area contributed by atoms with Crippen LogP contribution in [0.5, 0.6) is 0 Å². The maximum atomic E-state index is 14.4. The molecule has 9 heteroatoms. The van der Waals surface area contributed by atoms with Gasteiger partial charge in [0, 0.05) is 12.1 Å². The molecule has 0 unspecified atom stereocenters. The molecule has 24 heavy (non-hydrogen) atoms. The minimum absolute atomic E-state index is 0.145. The predicted molar refractivity (Wildman–Crippen MR) is 90.6 cm³/mol. The van der Waals surface area contributed by atoms with Gasteiger partial charge in [0.2, 0.25) is 10.0 Å². The Morgan fingerprint density at radius 3 is 2.58 bits per heavy atom. The second-order valence-corrected chi connectivity index (χ2v) is 7.26. The summed E-state index contributed by atoms with van der Waals surface area (Å²) >= 11 is 5.66. The molecule has 0 aliphatic heterocycles. The number of nitrogens with one attached hydrogen (secondary N) is 2. The minimum atomic E-state index is -3.67. The van der Waals surface area contributed by atoms with Gasteiger partial charge < -0.3 is 5.32 Å². The van der Waals surface area contributed by atoms with Crippen molar-refractivity contribution in [2.45, 2.75) is 19.9 Å². The number of anilines is 2. The normalized spacial score (nSPS) is 11.3. The quantitative estimate of drug-likeness (QED) is 0.722. The van der Waals surface area contributed by atoms with Gasteiger partial charge >= 0.3 is 0 Å². The van der Waals surface area contributed by atoms with Gasteiger partial charge in [-0.1, -0.05) is 18.5 Å². The van der Waals surface area contributed by atoms with Crippen LogP contribution in [0.2, 0.25) is 5.15 Å². The molecule has 0 atom stereocenters. The predicted octanol–water partition coefficient (Wildman–Crippen LogP) is 3.78. The van der Waals surface area contributed by atoms with Gasteiger partial charge in [-0.2, -0.15) is 0 Å². The summed E-state index contributed by atoms with van der Waals surface area (Å²) in [5.41, 5.74) is -0.0345. The summed E-state index contributed by atoms with van der Waals surface area (Å²) in [6.07, 6.45) is 1.81. The van der Waals surface area contributed by atoms with Crippen LogP contribution >= 0.6 is 11.6 Å². The number of nitrogens with zero attached hydrogens (tertiary/aromatic N) is 1. The van der Waals surface area contributed by atoms with E-state index in [1.807, 2.05) is 0 Å². The van der Waals surface area contributed by atoms with Crippen molar-refractivity contribution in [2.75, 3.05) is 15.8 Å². The lowest BCUT2D eigenvalue weighted by Gasteiger charge is -2.13. The second-order valence-electron chi connectivity index (χ2n) is 5.03. The van der Waals surface area contributed by atoms with E-state index in [4.69, 9.17) is 11.6 Å². The number of sulfonamides is 1. The number of pyridine rings is 1. The van der Waals surface area contributed by atoms with Gasteiger partial charge in [-0.3, -0.25) is 4.72 Å². The number of benzene rings is 1. The summed E-state index contributed by atoms with van der Waals surface area (Å²) in [5, 5.41) is 3.10. The Bertz CT molecular complexity index is 814. The van der Waals surface area contributed by atoms with Crippen LogP contribution in [0.15, 0.2) is 30.5 Å². The molecule has 0 aliphatic carbocycles. The van der Waals surface area contributed by atoms with Crippen LogP contribution in [0.4, 0.5) is 20.2 Å². The van der Waals surface area contributed by atoms with E-state index in [2.05, 4.69) is 15.0 Å². The lowest BCUT2D eigenvalue weighted by molar-refractivity contribution is 0.561. The largest absolute Gasteiger partial charge is 0.379 e. The van der Waals surface area contributed by atoms with E-state index < -0.39 is 21.7 Å². The van der Waals surface area contributed by atoms with E-state index in [0.29, 0.717) is 17.3 Å². The number of aromatic nitrogens is 1. The molecule has 0 saturated heterocycles. The van der Waals surface area contributed by atoms with Gasteiger partial charge in [-0.05, 0) is 30.7 Å². The molecule has 1 aromatic carbocycles. The molecule has 0 amide bonds. The molecule has 2 rings (SSSR count). The third-order valence-electron chi connectivity index (χ3n) is 3.12. The zero-order chi connectivity index (χ0) is 17.7. The molecule has 0 bridgehead atoms. The molecular weight excluding hydrogens is 360 g/mol. The molecule has 0 aliphatic rings. The van der Waals surface area contributed by atoms with Crippen LogP contribution in [-0.4, -0.2) is 19.2 Å². The highest BCUT2D eigenvalue weighted by Crippen LogP contribution is 2.23. The van der Waals surface area contributed by atoms with Crippen LogP contribution in [0.3, 0.4) is 0 Å². The average molecular weight is 376 g/mol. The van der Waals surface area contributed by atoms with E-state index in [0.717, 1.165) is 12.1 Å². The van der Waals surface area contributed by atoms with Crippen LogP contribution in [-0.2, 0) is 16.6 Å². The van der Waals surface area contributed by atoms with Gasteiger partial charge in [-0.25, -0.2) is 22.2 Å². The fourth-order valence-electron chi connectivity index (χ4n) is 2.00. The zero-order valence-corrected chi connectivity index (χ0v) is 14.4. The SMILES string of the molecule is CCCS(=O)(=O)Nc1ccc(F)c(CNc2ccc(Cl)nc2)c1F. The number of rotatable bonds is 7. The summed E-state index contributed by atoms with van der Waals surface area (Å²) in [4.78, 5) is 3.85. The van der Waals surface area contributed by atoms with Crippen molar-refractivity contribution >= 4 is 33.0 Å². The standard InChI is InChI=1S/C15H16ClF2N3O2S/c1-2-7-24(22,23)21-13-5-4-12(17)11(15(13)18)9-19-10-3-6-14(16)20-8-10/h3-6,8,19,21H,2,7,9H2,1H3. The summed E-state index contributed by atoms with van der Waals surface area (Å²) in [6.45, 7) is 1.51. The molecule has 2 N–H and O–H groups in total. The second kappa shape index (κ2) is 7.76. The molecule has 130 valence electrons. The monoisotopic (exact) mass is 375 g/mol. The van der Waals surface area contributed by atoms with Crippen LogP contribution in [0, 0.1) is 11.6 Å². The zero-order valence-electron chi connectivity index (χ0n) is 12.8. The van der Waals surface area contributed by atoms with Gasteiger partial charge in [0.1, 0.15) is 11.0 Å². The Hall–Kier alpha value is -1.93. The molecule has 1 aromatic heterocycles. The fourth-order valence-corrected chi connectivity index (χ4v) is 3.24. The van der Waals surface area contributed by atoms with Crippen molar-refractivity contribution in [3.05, 3.63) is 52.8 Å².